The molecule has 0 heterocycles. The molecule has 0 aliphatic rings. The van der Waals surface area contributed by atoms with Crippen molar-refractivity contribution in [2.45, 2.75) is 20.3 Å². The van der Waals surface area contributed by atoms with E-state index in [9.17, 15) is 4.79 Å². The largest absolute Gasteiger partial charge is 0.298 e. The average molecular weight is 273 g/mol. The van der Waals surface area contributed by atoms with Crippen LogP contribution in [0.2, 0.25) is 5.02 Å². The van der Waals surface area contributed by atoms with Crippen molar-refractivity contribution in [2.24, 2.45) is 5.92 Å². The van der Waals surface area contributed by atoms with Gasteiger partial charge >= 0.3 is 0 Å². The van der Waals surface area contributed by atoms with E-state index < -0.39 is 0 Å². The van der Waals surface area contributed by atoms with Crippen LogP contribution in [0.1, 0.15) is 29.8 Å². The molecule has 0 bridgehead atoms. The molecule has 2 rings (SSSR count). The number of halogens is 1. The van der Waals surface area contributed by atoms with Crippen LogP contribution in [0.3, 0.4) is 0 Å². The maximum atomic E-state index is 11.2. The molecular formula is C17H17ClO. The van der Waals surface area contributed by atoms with Crippen molar-refractivity contribution in [2.75, 3.05) is 0 Å². The Balaban J connectivity index is 2.44. The third kappa shape index (κ3) is 3.45. The first kappa shape index (κ1) is 13.8. The number of hydrogen-bond donors (Lipinski definition) is 0. The summed E-state index contributed by atoms with van der Waals surface area (Å²) in [5.41, 5.74) is 3.93. The summed E-state index contributed by atoms with van der Waals surface area (Å²) in [6.07, 6.45) is 1.90. The Morgan fingerprint density at radius 3 is 2.63 bits per heavy atom. The van der Waals surface area contributed by atoms with Crippen LogP contribution < -0.4 is 0 Å². The fraction of sp³-hybridized carbons (Fsp3) is 0.235. The normalized spacial score (nSPS) is 10.7. The molecule has 0 aliphatic heterocycles. The van der Waals surface area contributed by atoms with Gasteiger partial charge in [0.2, 0.25) is 0 Å². The summed E-state index contributed by atoms with van der Waals surface area (Å²) in [6, 6.07) is 13.8. The molecule has 98 valence electrons. The highest BCUT2D eigenvalue weighted by molar-refractivity contribution is 6.31. The zero-order valence-corrected chi connectivity index (χ0v) is 11.9. The lowest BCUT2D eigenvalue weighted by molar-refractivity contribution is 0.112. The maximum absolute atomic E-state index is 11.2. The molecule has 0 unspecified atom stereocenters. The molecule has 19 heavy (non-hydrogen) atoms. The molecule has 2 aromatic rings. The molecule has 0 aliphatic carbocycles. The van der Waals surface area contributed by atoms with Crippen molar-refractivity contribution in [3.63, 3.8) is 0 Å². The first-order valence-electron chi connectivity index (χ1n) is 6.44. The molecule has 0 atom stereocenters. The van der Waals surface area contributed by atoms with E-state index in [1.807, 2.05) is 24.3 Å². The standard InChI is InChI=1S/C17H17ClO/c1-12(2)8-13-4-3-5-14(9-13)17-7-6-16(18)10-15(17)11-19/h3-7,9-12H,8H2,1-2H3. The monoisotopic (exact) mass is 272 g/mol. The lowest BCUT2D eigenvalue weighted by Gasteiger charge is -2.09. The number of carbonyl (C=O) groups excluding carboxylic acids is 1. The van der Waals surface area contributed by atoms with E-state index >= 15 is 0 Å². The van der Waals surface area contributed by atoms with Gasteiger partial charge in [0.25, 0.3) is 0 Å². The Hall–Kier alpha value is -1.60. The molecule has 0 fully saturated rings. The van der Waals surface area contributed by atoms with Crippen molar-refractivity contribution >= 4 is 17.9 Å². The van der Waals surface area contributed by atoms with Gasteiger partial charge < -0.3 is 0 Å². The third-order valence-corrected chi connectivity index (χ3v) is 3.26. The highest BCUT2D eigenvalue weighted by Crippen LogP contribution is 2.26. The van der Waals surface area contributed by atoms with Gasteiger partial charge in [0.15, 0.2) is 6.29 Å². The topological polar surface area (TPSA) is 17.1 Å². The molecule has 0 aromatic heterocycles. The van der Waals surface area contributed by atoms with Crippen LogP contribution in [0.15, 0.2) is 42.5 Å². The Kier molecular flexibility index (Phi) is 4.39. The van der Waals surface area contributed by atoms with Crippen molar-refractivity contribution in [1.82, 2.24) is 0 Å². The minimum atomic E-state index is 0.587. The van der Waals surface area contributed by atoms with Crippen LogP contribution in [0, 0.1) is 5.92 Å². The molecule has 0 saturated heterocycles. The van der Waals surface area contributed by atoms with Crippen LogP contribution >= 0.6 is 11.6 Å². The highest BCUT2D eigenvalue weighted by atomic mass is 35.5. The smallest absolute Gasteiger partial charge is 0.150 e. The van der Waals surface area contributed by atoms with E-state index in [0.717, 1.165) is 23.8 Å². The molecule has 0 spiro atoms. The van der Waals surface area contributed by atoms with Crippen LogP contribution in [0.4, 0.5) is 0 Å². The Bertz CT molecular complexity index is 588. The number of rotatable bonds is 4. The fourth-order valence-corrected chi connectivity index (χ4v) is 2.41. The van der Waals surface area contributed by atoms with Crippen molar-refractivity contribution in [1.29, 1.82) is 0 Å². The fourth-order valence-electron chi connectivity index (χ4n) is 2.23. The zero-order chi connectivity index (χ0) is 13.8. The molecular weight excluding hydrogens is 256 g/mol. The first-order chi connectivity index (χ1) is 9.10. The van der Waals surface area contributed by atoms with Gasteiger partial charge in [-0.15, -0.1) is 0 Å². The van der Waals surface area contributed by atoms with Gasteiger partial charge in [-0.05, 0) is 41.2 Å². The Labute approximate surface area is 119 Å². The van der Waals surface area contributed by atoms with Crippen LogP contribution in [-0.2, 0) is 6.42 Å². The van der Waals surface area contributed by atoms with E-state index in [1.54, 1.807) is 6.07 Å². The summed E-state index contributed by atoms with van der Waals surface area (Å²) in [5, 5.41) is 0.587. The van der Waals surface area contributed by atoms with E-state index in [-0.39, 0.29) is 0 Å². The van der Waals surface area contributed by atoms with E-state index in [0.29, 0.717) is 16.5 Å². The quantitative estimate of drug-likeness (QED) is 0.715. The highest BCUT2D eigenvalue weighted by Gasteiger charge is 2.06. The predicted molar refractivity (Wildman–Crippen MR) is 80.8 cm³/mol. The number of benzene rings is 2. The minimum Gasteiger partial charge on any atom is -0.298 e. The number of hydrogen-bond acceptors (Lipinski definition) is 1. The van der Waals surface area contributed by atoms with E-state index in [1.165, 1.54) is 5.56 Å². The maximum Gasteiger partial charge on any atom is 0.150 e. The number of aldehydes is 1. The summed E-state index contributed by atoms with van der Waals surface area (Å²) >= 11 is 5.92. The molecule has 0 radical (unpaired) electrons. The first-order valence-corrected chi connectivity index (χ1v) is 6.82. The lowest BCUT2D eigenvalue weighted by atomic mass is 9.96. The average Bonchev–Trinajstić information content (AvgIpc) is 2.38. The van der Waals surface area contributed by atoms with Crippen LogP contribution in [-0.4, -0.2) is 6.29 Å². The second-order valence-corrected chi connectivity index (χ2v) is 5.58. The second-order valence-electron chi connectivity index (χ2n) is 5.15. The van der Waals surface area contributed by atoms with Crippen molar-refractivity contribution in [3.05, 3.63) is 58.6 Å². The molecule has 2 aromatic carbocycles. The molecule has 0 amide bonds. The third-order valence-electron chi connectivity index (χ3n) is 3.02. The zero-order valence-electron chi connectivity index (χ0n) is 11.2. The lowest BCUT2D eigenvalue weighted by Crippen LogP contribution is -1.95. The molecule has 0 saturated carbocycles. The van der Waals surface area contributed by atoms with E-state index in [4.69, 9.17) is 11.6 Å². The van der Waals surface area contributed by atoms with Gasteiger partial charge in [-0.25, -0.2) is 0 Å². The summed E-state index contributed by atoms with van der Waals surface area (Å²) < 4.78 is 0. The van der Waals surface area contributed by atoms with Gasteiger partial charge in [-0.1, -0.05) is 55.8 Å². The predicted octanol–water partition coefficient (Wildman–Crippen LogP) is 5.02. The second kappa shape index (κ2) is 6.03. The van der Waals surface area contributed by atoms with Gasteiger partial charge in [-0.2, -0.15) is 0 Å². The van der Waals surface area contributed by atoms with Crippen LogP contribution in [0.5, 0.6) is 0 Å². The summed E-state index contributed by atoms with van der Waals surface area (Å²) in [4.78, 5) is 11.2. The van der Waals surface area contributed by atoms with Gasteiger partial charge in [-0.3, -0.25) is 4.79 Å². The van der Waals surface area contributed by atoms with Crippen molar-refractivity contribution in [3.8, 4) is 11.1 Å². The van der Waals surface area contributed by atoms with Gasteiger partial charge in [0.05, 0.1) is 0 Å². The Morgan fingerprint density at radius 1 is 1.16 bits per heavy atom. The van der Waals surface area contributed by atoms with E-state index in [2.05, 4.69) is 26.0 Å². The summed E-state index contributed by atoms with van der Waals surface area (Å²) in [5.74, 6) is 0.617. The van der Waals surface area contributed by atoms with Crippen molar-refractivity contribution < 1.29 is 4.79 Å². The summed E-state index contributed by atoms with van der Waals surface area (Å²) in [7, 11) is 0. The molecule has 0 N–H and O–H groups in total. The van der Waals surface area contributed by atoms with Gasteiger partial charge in [0, 0.05) is 10.6 Å². The van der Waals surface area contributed by atoms with Gasteiger partial charge in [0.1, 0.15) is 0 Å². The number of carbonyl (C=O) groups is 1. The van der Waals surface area contributed by atoms with Crippen LogP contribution in [0.25, 0.3) is 11.1 Å². The SMILES string of the molecule is CC(C)Cc1cccc(-c2ccc(Cl)cc2C=O)c1. The Morgan fingerprint density at radius 2 is 1.95 bits per heavy atom. The molecule has 2 heteroatoms. The summed E-state index contributed by atoms with van der Waals surface area (Å²) in [6.45, 7) is 4.40. The minimum absolute atomic E-state index is 0.587. The molecule has 1 nitrogen and oxygen atoms in total.